The maximum Gasteiger partial charge on any atom is 0.227 e. The van der Waals surface area contributed by atoms with Crippen molar-refractivity contribution in [3.63, 3.8) is 0 Å². The zero-order valence-corrected chi connectivity index (χ0v) is 26.4. The van der Waals surface area contributed by atoms with Gasteiger partial charge in [0, 0.05) is 27.6 Å². The fraction of sp³-hybridized carbons (Fsp3) is 0. The van der Waals surface area contributed by atoms with E-state index in [9.17, 15) is 0 Å². The van der Waals surface area contributed by atoms with Crippen molar-refractivity contribution in [2.45, 2.75) is 0 Å². The minimum absolute atomic E-state index is 0.561. The summed E-state index contributed by atoms with van der Waals surface area (Å²) in [6.07, 6.45) is 0. The summed E-state index contributed by atoms with van der Waals surface area (Å²) in [4.78, 5) is 20.3. The van der Waals surface area contributed by atoms with Crippen molar-refractivity contribution in [3.8, 4) is 67.9 Å². The number of benzene rings is 7. The summed E-state index contributed by atoms with van der Waals surface area (Å²) < 4.78 is 6.51. The van der Waals surface area contributed by atoms with Gasteiger partial charge in [0.15, 0.2) is 23.1 Å². The van der Waals surface area contributed by atoms with Crippen LogP contribution in [0, 0.1) is 0 Å². The van der Waals surface area contributed by atoms with Crippen molar-refractivity contribution in [1.82, 2.24) is 19.9 Å². The van der Waals surface area contributed by atoms with Crippen LogP contribution in [0.4, 0.5) is 0 Å². The normalized spacial score (nSPS) is 11.3. The van der Waals surface area contributed by atoms with Gasteiger partial charge in [-0.1, -0.05) is 152 Å². The van der Waals surface area contributed by atoms with Crippen LogP contribution in [-0.2, 0) is 0 Å². The second-order valence-electron chi connectivity index (χ2n) is 11.8. The van der Waals surface area contributed by atoms with Gasteiger partial charge in [0.05, 0.1) is 0 Å². The molecular formula is C44H28N4O. The molecule has 0 amide bonds. The number of hydrogen-bond donors (Lipinski definition) is 0. The van der Waals surface area contributed by atoms with E-state index < -0.39 is 0 Å². The lowest BCUT2D eigenvalue weighted by Gasteiger charge is -2.15. The van der Waals surface area contributed by atoms with E-state index in [0.29, 0.717) is 28.9 Å². The minimum Gasteiger partial charge on any atom is -0.435 e. The van der Waals surface area contributed by atoms with E-state index in [1.807, 2.05) is 84.9 Å². The number of oxazole rings is 1. The summed E-state index contributed by atoms with van der Waals surface area (Å²) in [7, 11) is 0. The van der Waals surface area contributed by atoms with Gasteiger partial charge in [0.2, 0.25) is 5.89 Å². The molecule has 0 aliphatic rings. The summed E-state index contributed by atoms with van der Waals surface area (Å²) >= 11 is 0. The Morgan fingerprint density at radius 3 is 1.53 bits per heavy atom. The molecule has 230 valence electrons. The quantitative estimate of drug-likeness (QED) is 0.183. The maximum absolute atomic E-state index is 6.51. The molecule has 0 saturated heterocycles. The highest BCUT2D eigenvalue weighted by Gasteiger charge is 2.20. The Labute approximate surface area is 283 Å². The molecule has 0 aliphatic heterocycles. The first-order valence-electron chi connectivity index (χ1n) is 16.2. The van der Waals surface area contributed by atoms with Gasteiger partial charge < -0.3 is 4.42 Å². The van der Waals surface area contributed by atoms with Gasteiger partial charge >= 0.3 is 0 Å². The largest absolute Gasteiger partial charge is 0.435 e. The third-order valence-corrected chi connectivity index (χ3v) is 8.80. The average Bonchev–Trinajstić information content (AvgIpc) is 3.64. The highest BCUT2D eigenvalue weighted by molar-refractivity contribution is 6.10. The second kappa shape index (κ2) is 12.1. The maximum atomic E-state index is 6.51. The molecule has 0 fully saturated rings. The number of rotatable bonds is 6. The zero-order valence-electron chi connectivity index (χ0n) is 26.4. The Bertz CT molecular complexity index is 2600. The molecule has 9 aromatic rings. The van der Waals surface area contributed by atoms with Crippen LogP contribution in [0.15, 0.2) is 174 Å². The van der Waals surface area contributed by atoms with Crippen molar-refractivity contribution in [2.75, 3.05) is 0 Å². The summed E-state index contributed by atoms with van der Waals surface area (Å²) in [5.41, 5.74) is 9.52. The summed E-state index contributed by atoms with van der Waals surface area (Å²) in [5, 5.41) is 1.93. The molecule has 0 radical (unpaired) electrons. The van der Waals surface area contributed by atoms with Gasteiger partial charge in [-0.25, -0.2) is 19.9 Å². The van der Waals surface area contributed by atoms with E-state index in [2.05, 4.69) is 84.9 Å². The Hall–Kier alpha value is -6.72. The molecule has 49 heavy (non-hydrogen) atoms. The standard InChI is InChI=1S/C44H28N4O/c1-4-15-29(16-5-1)33-22-10-11-23-34(33)35-24-12-13-25-36(35)42-46-41(31-17-6-2-7-18-31)47-43(48-42)37-26-14-21-30-27-28-38-40(39(30)37)49-44(45-38)32-19-8-3-9-20-32/h1-28H. The second-order valence-corrected chi connectivity index (χ2v) is 11.8. The minimum atomic E-state index is 0.561. The first-order chi connectivity index (χ1) is 24.3. The van der Waals surface area contributed by atoms with E-state index in [4.69, 9.17) is 24.4 Å². The van der Waals surface area contributed by atoms with Crippen LogP contribution in [0.25, 0.3) is 89.7 Å². The third kappa shape index (κ3) is 5.24. The molecule has 0 unspecified atom stereocenters. The number of aromatic nitrogens is 4. The van der Waals surface area contributed by atoms with Gasteiger partial charge in [-0.15, -0.1) is 0 Å². The van der Waals surface area contributed by atoms with Gasteiger partial charge in [-0.3, -0.25) is 0 Å². The fourth-order valence-electron chi connectivity index (χ4n) is 6.48. The van der Waals surface area contributed by atoms with Gasteiger partial charge in [0.25, 0.3) is 0 Å². The van der Waals surface area contributed by atoms with Gasteiger partial charge in [-0.05, 0) is 45.8 Å². The molecule has 9 rings (SSSR count). The lowest BCUT2D eigenvalue weighted by Crippen LogP contribution is -2.01. The van der Waals surface area contributed by atoms with Crippen molar-refractivity contribution >= 4 is 21.9 Å². The Kier molecular flexibility index (Phi) is 7.06. The molecule has 0 spiro atoms. The fourth-order valence-corrected chi connectivity index (χ4v) is 6.48. The van der Waals surface area contributed by atoms with Crippen LogP contribution in [0.5, 0.6) is 0 Å². The lowest BCUT2D eigenvalue weighted by molar-refractivity contribution is 0.623. The molecule has 5 heteroatoms. The van der Waals surface area contributed by atoms with Gasteiger partial charge in [0.1, 0.15) is 5.52 Å². The highest BCUT2D eigenvalue weighted by atomic mass is 16.3. The van der Waals surface area contributed by atoms with E-state index in [1.54, 1.807) is 0 Å². The summed E-state index contributed by atoms with van der Waals surface area (Å²) in [5.74, 6) is 2.32. The summed E-state index contributed by atoms with van der Waals surface area (Å²) in [6.45, 7) is 0. The Morgan fingerprint density at radius 2 is 0.837 bits per heavy atom. The van der Waals surface area contributed by atoms with Crippen LogP contribution in [-0.4, -0.2) is 19.9 Å². The number of hydrogen-bond acceptors (Lipinski definition) is 5. The van der Waals surface area contributed by atoms with Crippen LogP contribution < -0.4 is 0 Å². The highest BCUT2D eigenvalue weighted by Crippen LogP contribution is 2.40. The first kappa shape index (κ1) is 28.5. The molecule has 0 N–H and O–H groups in total. The first-order valence-corrected chi connectivity index (χ1v) is 16.2. The molecule has 0 aliphatic carbocycles. The Balaban J connectivity index is 1.28. The smallest absolute Gasteiger partial charge is 0.227 e. The van der Waals surface area contributed by atoms with E-state index in [1.165, 1.54) is 0 Å². The molecule has 7 aromatic carbocycles. The van der Waals surface area contributed by atoms with Crippen LogP contribution in [0.2, 0.25) is 0 Å². The van der Waals surface area contributed by atoms with Crippen molar-refractivity contribution in [2.24, 2.45) is 0 Å². The van der Waals surface area contributed by atoms with Crippen LogP contribution >= 0.6 is 0 Å². The molecule has 2 heterocycles. The predicted octanol–water partition coefficient (Wildman–Crippen LogP) is 11.2. The van der Waals surface area contributed by atoms with E-state index in [0.717, 1.165) is 60.8 Å². The van der Waals surface area contributed by atoms with E-state index >= 15 is 0 Å². The number of nitrogens with zero attached hydrogens (tertiary/aromatic N) is 4. The Morgan fingerprint density at radius 1 is 0.327 bits per heavy atom. The average molecular weight is 629 g/mol. The van der Waals surface area contributed by atoms with Crippen molar-refractivity contribution < 1.29 is 4.42 Å². The SMILES string of the molecule is c1ccc(-c2nc(-c3ccccc3-c3ccccc3-c3ccccc3)nc(-c3cccc4ccc5nc(-c6ccccc6)oc5c34)n2)cc1. The monoisotopic (exact) mass is 628 g/mol. The molecule has 5 nitrogen and oxygen atoms in total. The van der Waals surface area contributed by atoms with Crippen molar-refractivity contribution in [3.05, 3.63) is 170 Å². The third-order valence-electron chi connectivity index (χ3n) is 8.80. The molecule has 0 atom stereocenters. The zero-order chi connectivity index (χ0) is 32.6. The van der Waals surface area contributed by atoms with Crippen LogP contribution in [0.1, 0.15) is 0 Å². The van der Waals surface area contributed by atoms with E-state index in [-0.39, 0.29) is 0 Å². The topological polar surface area (TPSA) is 64.7 Å². The molecule has 2 aromatic heterocycles. The number of fused-ring (bicyclic) bond motifs is 3. The summed E-state index contributed by atoms with van der Waals surface area (Å²) in [6, 6.07) is 57.6. The van der Waals surface area contributed by atoms with Gasteiger partial charge in [-0.2, -0.15) is 0 Å². The molecular weight excluding hydrogens is 601 g/mol. The molecule has 0 saturated carbocycles. The predicted molar refractivity (Wildman–Crippen MR) is 198 cm³/mol. The van der Waals surface area contributed by atoms with Crippen molar-refractivity contribution in [1.29, 1.82) is 0 Å². The lowest BCUT2D eigenvalue weighted by atomic mass is 9.91. The molecule has 0 bridgehead atoms. The van der Waals surface area contributed by atoms with Crippen LogP contribution in [0.3, 0.4) is 0 Å².